The minimum absolute atomic E-state index is 0.0539. The molecule has 2 rings (SSSR count). The van der Waals surface area contributed by atoms with Crippen LogP contribution in [0.25, 0.3) is 5.69 Å². The van der Waals surface area contributed by atoms with Crippen LogP contribution < -0.4 is 0 Å². The summed E-state index contributed by atoms with van der Waals surface area (Å²) < 4.78 is 27.4. The minimum Gasteiger partial charge on any atom is -0.395 e. The highest BCUT2D eigenvalue weighted by Gasteiger charge is 2.25. The molecule has 0 aliphatic carbocycles. The molecule has 20 heavy (non-hydrogen) atoms. The number of nitrogens with zero attached hydrogens (tertiary/aromatic N) is 3. The van der Waals surface area contributed by atoms with Crippen molar-refractivity contribution in [2.24, 2.45) is 0 Å². The molecule has 7 heteroatoms. The molecule has 0 amide bonds. The summed E-state index contributed by atoms with van der Waals surface area (Å²) in [5, 5.41) is 13.1. The van der Waals surface area contributed by atoms with E-state index in [9.17, 15) is 8.42 Å². The van der Waals surface area contributed by atoms with Gasteiger partial charge in [0, 0.05) is 13.6 Å². The van der Waals surface area contributed by atoms with Gasteiger partial charge in [0.15, 0.2) is 0 Å². The van der Waals surface area contributed by atoms with Crippen LogP contribution in [0, 0.1) is 6.92 Å². The number of hydrogen-bond donors (Lipinski definition) is 1. The first kappa shape index (κ1) is 14.7. The van der Waals surface area contributed by atoms with Crippen molar-refractivity contribution < 1.29 is 13.5 Å². The van der Waals surface area contributed by atoms with E-state index in [4.69, 9.17) is 5.11 Å². The third-order valence-electron chi connectivity index (χ3n) is 2.98. The molecule has 0 aliphatic heterocycles. The van der Waals surface area contributed by atoms with Gasteiger partial charge in [0.25, 0.3) is 0 Å². The largest absolute Gasteiger partial charge is 0.395 e. The van der Waals surface area contributed by atoms with Crippen LogP contribution in [-0.4, -0.2) is 47.8 Å². The maximum absolute atomic E-state index is 12.3. The van der Waals surface area contributed by atoms with E-state index >= 15 is 0 Å². The molecule has 0 radical (unpaired) electrons. The average Bonchev–Trinajstić information content (AvgIpc) is 2.83. The molecular formula is C13H17N3O3S. The number of rotatable bonds is 5. The zero-order valence-corrected chi connectivity index (χ0v) is 12.2. The standard InChI is InChI=1S/C13H17N3O3S/c1-11-13(20(18,19)15(2)8-9-17)10-16(14-11)12-6-4-3-5-7-12/h3-7,10,17H,8-9H2,1-2H3. The van der Waals surface area contributed by atoms with E-state index < -0.39 is 10.0 Å². The second kappa shape index (κ2) is 5.74. The number of aryl methyl sites for hydroxylation is 1. The van der Waals surface area contributed by atoms with Gasteiger partial charge in [0.2, 0.25) is 10.0 Å². The van der Waals surface area contributed by atoms with E-state index in [1.54, 1.807) is 6.92 Å². The Kier molecular flexibility index (Phi) is 4.22. The normalized spacial score (nSPS) is 12.0. The third kappa shape index (κ3) is 2.74. The number of aromatic nitrogens is 2. The Morgan fingerprint density at radius 3 is 2.55 bits per heavy atom. The summed E-state index contributed by atoms with van der Waals surface area (Å²) in [5.41, 5.74) is 1.22. The molecule has 0 aliphatic rings. The van der Waals surface area contributed by atoms with Crippen molar-refractivity contribution in [3.8, 4) is 5.69 Å². The van der Waals surface area contributed by atoms with Crippen molar-refractivity contribution in [3.05, 3.63) is 42.2 Å². The van der Waals surface area contributed by atoms with Crippen molar-refractivity contribution >= 4 is 10.0 Å². The monoisotopic (exact) mass is 295 g/mol. The van der Waals surface area contributed by atoms with E-state index in [0.29, 0.717) is 5.69 Å². The molecule has 0 atom stereocenters. The Morgan fingerprint density at radius 1 is 1.30 bits per heavy atom. The lowest BCUT2D eigenvalue weighted by Crippen LogP contribution is -2.29. The number of hydrogen-bond acceptors (Lipinski definition) is 4. The second-order valence-corrected chi connectivity index (χ2v) is 6.42. The summed E-state index contributed by atoms with van der Waals surface area (Å²) in [6, 6.07) is 9.30. The van der Waals surface area contributed by atoms with Crippen molar-refractivity contribution in [2.45, 2.75) is 11.8 Å². The van der Waals surface area contributed by atoms with Gasteiger partial charge in [-0.2, -0.15) is 9.40 Å². The predicted octanol–water partition coefficient (Wildman–Crippen LogP) is 0.794. The molecule has 1 aromatic heterocycles. The fourth-order valence-electron chi connectivity index (χ4n) is 1.84. The first-order chi connectivity index (χ1) is 9.46. The maximum atomic E-state index is 12.3. The summed E-state index contributed by atoms with van der Waals surface area (Å²) in [5.74, 6) is 0. The number of likely N-dealkylation sites (N-methyl/N-ethyl adjacent to an activating group) is 1. The Balaban J connectivity index is 2.43. The fourth-order valence-corrected chi connectivity index (χ4v) is 3.14. The summed E-state index contributed by atoms with van der Waals surface area (Å²) in [7, 11) is -2.19. The molecule has 0 saturated carbocycles. The van der Waals surface area contributed by atoms with Crippen LogP contribution >= 0.6 is 0 Å². The summed E-state index contributed by atoms with van der Waals surface area (Å²) in [6.45, 7) is 1.49. The molecule has 0 saturated heterocycles. The Hall–Kier alpha value is -1.70. The van der Waals surface area contributed by atoms with Gasteiger partial charge < -0.3 is 5.11 Å². The van der Waals surface area contributed by atoms with E-state index in [-0.39, 0.29) is 18.0 Å². The van der Waals surface area contributed by atoms with E-state index in [1.165, 1.54) is 17.9 Å². The number of aliphatic hydroxyl groups is 1. The highest BCUT2D eigenvalue weighted by atomic mass is 32.2. The van der Waals surface area contributed by atoms with Crippen LogP contribution in [0.5, 0.6) is 0 Å². The Labute approximate surface area is 118 Å². The van der Waals surface area contributed by atoms with Crippen molar-refractivity contribution in [2.75, 3.05) is 20.2 Å². The molecule has 0 bridgehead atoms. The molecule has 1 heterocycles. The quantitative estimate of drug-likeness (QED) is 0.885. The van der Waals surface area contributed by atoms with Crippen LogP contribution in [0.15, 0.2) is 41.4 Å². The molecule has 1 aromatic carbocycles. The molecule has 0 spiro atoms. The maximum Gasteiger partial charge on any atom is 0.246 e. The lowest BCUT2D eigenvalue weighted by atomic mass is 10.3. The number of benzene rings is 1. The zero-order valence-electron chi connectivity index (χ0n) is 11.4. The lowest BCUT2D eigenvalue weighted by Gasteiger charge is -2.14. The Morgan fingerprint density at radius 2 is 1.95 bits per heavy atom. The molecule has 0 fully saturated rings. The van der Waals surface area contributed by atoms with Crippen LogP contribution in [0.3, 0.4) is 0 Å². The van der Waals surface area contributed by atoms with E-state index in [0.717, 1.165) is 9.99 Å². The van der Waals surface area contributed by atoms with Gasteiger partial charge in [-0.25, -0.2) is 13.1 Å². The molecule has 108 valence electrons. The summed E-state index contributed by atoms with van der Waals surface area (Å²) in [4.78, 5) is 0.150. The molecular weight excluding hydrogens is 278 g/mol. The third-order valence-corrected chi connectivity index (χ3v) is 4.94. The highest BCUT2D eigenvalue weighted by Crippen LogP contribution is 2.19. The van der Waals surface area contributed by atoms with Gasteiger partial charge in [0.05, 0.1) is 24.2 Å². The van der Waals surface area contributed by atoms with Gasteiger partial charge in [0.1, 0.15) is 4.90 Å². The van der Waals surface area contributed by atoms with Crippen LogP contribution in [0.1, 0.15) is 5.69 Å². The van der Waals surface area contributed by atoms with Crippen molar-refractivity contribution in [1.82, 2.24) is 14.1 Å². The first-order valence-corrected chi connectivity index (χ1v) is 7.59. The number of para-hydroxylation sites is 1. The van der Waals surface area contributed by atoms with Crippen LogP contribution in [0.4, 0.5) is 0 Å². The predicted molar refractivity (Wildman–Crippen MR) is 75.2 cm³/mol. The van der Waals surface area contributed by atoms with Gasteiger partial charge in [-0.15, -0.1) is 0 Å². The van der Waals surface area contributed by atoms with Crippen molar-refractivity contribution in [1.29, 1.82) is 0 Å². The van der Waals surface area contributed by atoms with Crippen molar-refractivity contribution in [3.63, 3.8) is 0 Å². The van der Waals surface area contributed by atoms with Gasteiger partial charge in [-0.3, -0.25) is 0 Å². The topological polar surface area (TPSA) is 75.4 Å². The molecule has 0 unspecified atom stereocenters. The summed E-state index contributed by atoms with van der Waals surface area (Å²) in [6.07, 6.45) is 1.49. The Bertz CT molecular complexity index is 680. The SMILES string of the molecule is Cc1nn(-c2ccccc2)cc1S(=O)(=O)N(C)CCO. The number of sulfonamides is 1. The molecule has 1 N–H and O–H groups in total. The minimum atomic E-state index is -3.63. The molecule has 6 nitrogen and oxygen atoms in total. The van der Waals surface area contributed by atoms with Gasteiger partial charge in [-0.05, 0) is 19.1 Å². The van der Waals surface area contributed by atoms with Crippen LogP contribution in [-0.2, 0) is 10.0 Å². The average molecular weight is 295 g/mol. The zero-order chi connectivity index (χ0) is 14.8. The van der Waals surface area contributed by atoms with E-state index in [1.807, 2.05) is 30.3 Å². The molecule has 2 aromatic rings. The first-order valence-electron chi connectivity index (χ1n) is 6.15. The van der Waals surface area contributed by atoms with Gasteiger partial charge >= 0.3 is 0 Å². The van der Waals surface area contributed by atoms with Crippen LogP contribution in [0.2, 0.25) is 0 Å². The summed E-state index contributed by atoms with van der Waals surface area (Å²) >= 11 is 0. The lowest BCUT2D eigenvalue weighted by molar-refractivity contribution is 0.266. The number of aliphatic hydroxyl groups excluding tert-OH is 1. The van der Waals surface area contributed by atoms with Gasteiger partial charge in [-0.1, -0.05) is 18.2 Å². The fraction of sp³-hybridized carbons (Fsp3) is 0.308. The van der Waals surface area contributed by atoms with E-state index in [2.05, 4.69) is 5.10 Å². The highest BCUT2D eigenvalue weighted by molar-refractivity contribution is 7.89. The second-order valence-electron chi connectivity index (χ2n) is 4.41. The smallest absolute Gasteiger partial charge is 0.246 e.